The summed E-state index contributed by atoms with van der Waals surface area (Å²) in [6, 6.07) is 0. The Kier molecular flexibility index (Phi) is 8.53. The van der Waals surface area contributed by atoms with Crippen molar-refractivity contribution in [3.63, 3.8) is 0 Å². The van der Waals surface area contributed by atoms with Gasteiger partial charge in [0.15, 0.2) is 0 Å². The average molecular weight is 396 g/mol. The monoisotopic (exact) mass is 395 g/mol. The Labute approximate surface area is 167 Å². The molecule has 2 amide bonds. The summed E-state index contributed by atoms with van der Waals surface area (Å²) in [7, 11) is 0. The van der Waals surface area contributed by atoms with E-state index >= 15 is 0 Å². The van der Waals surface area contributed by atoms with E-state index in [1.807, 2.05) is 20.8 Å². The second kappa shape index (κ2) is 10.1. The van der Waals surface area contributed by atoms with Crippen LogP contribution in [0.1, 0.15) is 59.1 Å². The zero-order chi connectivity index (χ0) is 21.4. The number of hydrogen-bond acceptors (Lipinski definition) is 6. The van der Waals surface area contributed by atoms with Crippen LogP contribution in [0.15, 0.2) is 12.4 Å². The summed E-state index contributed by atoms with van der Waals surface area (Å²) in [5.41, 5.74) is 0.503. The summed E-state index contributed by atoms with van der Waals surface area (Å²) in [5, 5.41) is 15.5. The first kappa shape index (κ1) is 23.5. The smallest absolute Gasteiger partial charge is 0.407 e. The van der Waals surface area contributed by atoms with Gasteiger partial charge >= 0.3 is 12.2 Å². The maximum atomic E-state index is 11.7. The number of aromatic hydroxyl groups is 1. The van der Waals surface area contributed by atoms with Gasteiger partial charge in [-0.05, 0) is 66.4 Å². The SMILES string of the molecule is CC(C)(C)OC(=O)NCCCc1cncc(O)c1CCNC(=O)OC(C)(C)C. The van der Waals surface area contributed by atoms with Crippen molar-refractivity contribution in [1.82, 2.24) is 15.6 Å². The highest BCUT2D eigenvalue weighted by Gasteiger charge is 2.17. The molecule has 0 aliphatic rings. The lowest BCUT2D eigenvalue weighted by molar-refractivity contribution is 0.0516. The van der Waals surface area contributed by atoms with Gasteiger partial charge < -0.3 is 25.2 Å². The molecule has 3 N–H and O–H groups in total. The fraction of sp³-hybridized carbons (Fsp3) is 0.650. The van der Waals surface area contributed by atoms with E-state index in [2.05, 4.69) is 15.6 Å². The van der Waals surface area contributed by atoms with Crippen molar-refractivity contribution in [3.05, 3.63) is 23.5 Å². The van der Waals surface area contributed by atoms with Gasteiger partial charge in [0.1, 0.15) is 17.0 Å². The third-order valence-corrected chi connectivity index (χ3v) is 3.46. The molecule has 1 heterocycles. The molecule has 0 saturated carbocycles. The standard InChI is InChI=1S/C20H33N3O5/c1-19(2,3)27-17(25)22-10-7-8-14-12-21-13-16(24)15(14)9-11-23-18(26)28-20(4,5)6/h12-13,24H,7-11H2,1-6H3,(H,22,25)(H,23,26). The Morgan fingerprint density at radius 3 is 2.00 bits per heavy atom. The topological polar surface area (TPSA) is 110 Å². The van der Waals surface area contributed by atoms with Crippen molar-refractivity contribution in [2.24, 2.45) is 0 Å². The first-order valence-electron chi connectivity index (χ1n) is 9.46. The van der Waals surface area contributed by atoms with Crippen molar-refractivity contribution in [2.75, 3.05) is 13.1 Å². The van der Waals surface area contributed by atoms with Gasteiger partial charge in [-0.1, -0.05) is 0 Å². The highest BCUT2D eigenvalue weighted by Crippen LogP contribution is 2.21. The molecule has 0 spiro atoms. The molecule has 0 aliphatic heterocycles. The number of alkyl carbamates (subject to hydrolysis) is 2. The van der Waals surface area contributed by atoms with Crippen LogP contribution in [0.5, 0.6) is 5.75 Å². The second-order valence-corrected chi connectivity index (χ2v) is 8.51. The number of carbonyl (C=O) groups is 2. The molecule has 1 aromatic heterocycles. The number of rotatable bonds is 7. The van der Waals surface area contributed by atoms with E-state index in [1.165, 1.54) is 6.20 Å². The zero-order valence-corrected chi connectivity index (χ0v) is 17.7. The average Bonchev–Trinajstić information content (AvgIpc) is 2.50. The van der Waals surface area contributed by atoms with Gasteiger partial charge in [-0.25, -0.2) is 9.59 Å². The van der Waals surface area contributed by atoms with Crippen molar-refractivity contribution < 1.29 is 24.2 Å². The lowest BCUT2D eigenvalue weighted by atomic mass is 10.0. The molecule has 1 rings (SSSR count). The van der Waals surface area contributed by atoms with Gasteiger partial charge in [0.2, 0.25) is 0 Å². The third kappa shape index (κ3) is 9.99. The maximum absolute atomic E-state index is 11.7. The highest BCUT2D eigenvalue weighted by atomic mass is 16.6. The van der Waals surface area contributed by atoms with Gasteiger partial charge in [-0.3, -0.25) is 4.98 Å². The fourth-order valence-corrected chi connectivity index (χ4v) is 2.41. The Bertz CT molecular complexity index is 663. The highest BCUT2D eigenvalue weighted by molar-refractivity contribution is 5.68. The number of aromatic nitrogens is 1. The van der Waals surface area contributed by atoms with Gasteiger partial charge in [0, 0.05) is 24.8 Å². The predicted octanol–water partition coefficient (Wildman–Crippen LogP) is 3.31. The number of hydrogen-bond donors (Lipinski definition) is 3. The van der Waals surface area contributed by atoms with Crippen molar-refractivity contribution >= 4 is 12.2 Å². The minimum Gasteiger partial charge on any atom is -0.506 e. The zero-order valence-electron chi connectivity index (χ0n) is 17.7. The van der Waals surface area contributed by atoms with E-state index in [1.54, 1.807) is 27.0 Å². The minimum atomic E-state index is -0.560. The van der Waals surface area contributed by atoms with Crippen molar-refractivity contribution in [3.8, 4) is 5.75 Å². The van der Waals surface area contributed by atoms with E-state index in [-0.39, 0.29) is 5.75 Å². The first-order valence-corrected chi connectivity index (χ1v) is 9.46. The molecular weight excluding hydrogens is 362 g/mol. The largest absolute Gasteiger partial charge is 0.506 e. The molecule has 0 radical (unpaired) electrons. The van der Waals surface area contributed by atoms with Crippen LogP contribution in [0, 0.1) is 0 Å². The number of amides is 2. The van der Waals surface area contributed by atoms with Gasteiger partial charge in [0.25, 0.3) is 0 Å². The second-order valence-electron chi connectivity index (χ2n) is 8.51. The Balaban J connectivity index is 2.50. The van der Waals surface area contributed by atoms with Crippen LogP contribution in [0.2, 0.25) is 0 Å². The minimum absolute atomic E-state index is 0.0867. The van der Waals surface area contributed by atoms with Crippen LogP contribution in [0.3, 0.4) is 0 Å². The fourth-order valence-electron chi connectivity index (χ4n) is 2.41. The summed E-state index contributed by atoms with van der Waals surface area (Å²) in [6.45, 7) is 11.6. The van der Waals surface area contributed by atoms with Crippen LogP contribution in [0.25, 0.3) is 0 Å². The van der Waals surface area contributed by atoms with E-state index in [0.717, 1.165) is 11.1 Å². The van der Waals surface area contributed by atoms with Gasteiger partial charge in [0.05, 0.1) is 6.20 Å². The third-order valence-electron chi connectivity index (χ3n) is 3.46. The van der Waals surface area contributed by atoms with E-state index in [0.29, 0.717) is 32.4 Å². The summed E-state index contributed by atoms with van der Waals surface area (Å²) in [6.07, 6.45) is 3.85. The molecular formula is C20H33N3O5. The van der Waals surface area contributed by atoms with Crippen LogP contribution < -0.4 is 10.6 Å². The summed E-state index contributed by atoms with van der Waals surface area (Å²) in [5.74, 6) is 0.0867. The number of carbonyl (C=O) groups excluding carboxylic acids is 2. The molecule has 0 aliphatic carbocycles. The molecule has 8 nitrogen and oxygen atoms in total. The molecule has 0 fully saturated rings. The lowest BCUT2D eigenvalue weighted by Crippen LogP contribution is -2.33. The molecule has 8 heteroatoms. The van der Waals surface area contributed by atoms with Gasteiger partial charge in [-0.2, -0.15) is 0 Å². The maximum Gasteiger partial charge on any atom is 0.407 e. The normalized spacial score (nSPS) is 11.6. The molecule has 0 aromatic carbocycles. The van der Waals surface area contributed by atoms with Crippen LogP contribution in [0.4, 0.5) is 9.59 Å². The van der Waals surface area contributed by atoms with E-state index < -0.39 is 23.4 Å². The molecule has 0 atom stereocenters. The first-order chi connectivity index (χ1) is 12.9. The van der Waals surface area contributed by atoms with Crippen LogP contribution >= 0.6 is 0 Å². The summed E-state index contributed by atoms with van der Waals surface area (Å²) >= 11 is 0. The predicted molar refractivity (Wildman–Crippen MR) is 106 cm³/mol. The Hall–Kier alpha value is -2.51. The number of ether oxygens (including phenoxy) is 2. The Morgan fingerprint density at radius 1 is 0.929 bits per heavy atom. The van der Waals surface area contributed by atoms with Crippen molar-refractivity contribution in [2.45, 2.75) is 72.0 Å². The molecule has 158 valence electrons. The molecule has 28 heavy (non-hydrogen) atoms. The van der Waals surface area contributed by atoms with Gasteiger partial charge in [-0.15, -0.1) is 0 Å². The number of nitrogens with zero attached hydrogens (tertiary/aromatic N) is 1. The molecule has 1 aromatic rings. The van der Waals surface area contributed by atoms with Crippen molar-refractivity contribution in [1.29, 1.82) is 0 Å². The quantitative estimate of drug-likeness (QED) is 0.611. The number of nitrogens with one attached hydrogen (secondary N) is 2. The number of pyridine rings is 1. The Morgan fingerprint density at radius 2 is 1.46 bits per heavy atom. The van der Waals surface area contributed by atoms with Crippen LogP contribution in [-0.4, -0.2) is 46.6 Å². The lowest BCUT2D eigenvalue weighted by Gasteiger charge is -2.20. The van der Waals surface area contributed by atoms with Crippen LogP contribution in [-0.2, 0) is 22.3 Å². The molecule has 0 saturated heterocycles. The van der Waals surface area contributed by atoms with E-state index in [9.17, 15) is 14.7 Å². The molecule has 0 unspecified atom stereocenters. The molecule has 0 bridgehead atoms. The summed E-state index contributed by atoms with van der Waals surface area (Å²) in [4.78, 5) is 27.4. The number of aryl methyl sites for hydroxylation is 1. The van der Waals surface area contributed by atoms with E-state index in [4.69, 9.17) is 9.47 Å². The summed E-state index contributed by atoms with van der Waals surface area (Å²) < 4.78 is 10.4.